The quantitative estimate of drug-likeness (QED) is 0.390. The van der Waals surface area contributed by atoms with Crippen LogP contribution in [0.3, 0.4) is 0 Å². The largest absolute Gasteiger partial charge is 0.544 e. The number of ether oxygens (including phenoxy) is 1. The molecule has 2 aliphatic heterocycles. The van der Waals surface area contributed by atoms with Crippen molar-refractivity contribution in [2.75, 3.05) is 0 Å². The molecular formula is C8H6B2N3O4. The van der Waals surface area contributed by atoms with Crippen molar-refractivity contribution in [1.29, 1.82) is 0 Å². The first-order valence-corrected chi connectivity index (χ1v) is 4.96. The Kier molecular flexibility index (Phi) is 2.32. The Labute approximate surface area is 97.6 Å². The van der Waals surface area contributed by atoms with E-state index in [2.05, 4.69) is 19.7 Å². The molecule has 7 nitrogen and oxygen atoms in total. The molecule has 0 aliphatic carbocycles. The fourth-order valence-electron chi connectivity index (χ4n) is 1.36. The summed E-state index contributed by atoms with van der Waals surface area (Å²) in [6.45, 7) is 1.95. The third-order valence-corrected chi connectivity index (χ3v) is 2.22. The fraction of sp³-hybridized carbons (Fsp3) is 0.250. The van der Waals surface area contributed by atoms with Crippen LogP contribution in [0, 0.1) is 6.92 Å². The van der Waals surface area contributed by atoms with Gasteiger partial charge >= 0.3 is 14.4 Å². The summed E-state index contributed by atoms with van der Waals surface area (Å²) in [6.07, 6.45) is 0. The first kappa shape index (κ1) is 10.3. The summed E-state index contributed by atoms with van der Waals surface area (Å²) in [7, 11) is 1.67. The van der Waals surface area contributed by atoms with Crippen LogP contribution in [0.1, 0.15) is 5.69 Å². The minimum Gasteiger partial charge on any atom is -0.544 e. The van der Waals surface area contributed by atoms with Gasteiger partial charge in [-0.2, -0.15) is 9.98 Å². The summed E-state index contributed by atoms with van der Waals surface area (Å²) >= 11 is 0. The molecule has 0 aromatic carbocycles. The van der Waals surface area contributed by atoms with Crippen LogP contribution in [0.4, 0.5) is 5.95 Å². The maximum absolute atomic E-state index is 10.2. The maximum atomic E-state index is 10.2. The van der Waals surface area contributed by atoms with Crippen LogP contribution < -0.4 is 4.74 Å². The minimum atomic E-state index is -0.116. The maximum Gasteiger partial charge on any atom is 0.474 e. The van der Waals surface area contributed by atoms with Crippen LogP contribution in [-0.4, -0.2) is 42.5 Å². The van der Waals surface area contributed by atoms with Crippen molar-refractivity contribution in [2.24, 2.45) is 4.99 Å². The van der Waals surface area contributed by atoms with Gasteiger partial charge in [0.2, 0.25) is 5.88 Å². The lowest BCUT2D eigenvalue weighted by atomic mass is 9.65. The number of carbonyl (C=O) groups excluding carboxylic acids is 1. The zero-order chi connectivity index (χ0) is 11.8. The number of aryl methyl sites for hydroxylation is 1. The average molecular weight is 230 g/mol. The Balaban J connectivity index is 1.80. The summed E-state index contributed by atoms with van der Waals surface area (Å²) in [6, 6.07) is 1.54. The van der Waals surface area contributed by atoms with Crippen LogP contribution in [0.15, 0.2) is 11.1 Å². The second-order valence-corrected chi connectivity index (χ2v) is 3.59. The molecule has 1 aromatic rings. The normalized spacial score (nSPS) is 22.8. The smallest absolute Gasteiger partial charge is 0.474 e. The van der Waals surface area contributed by atoms with Crippen molar-refractivity contribution in [2.45, 2.75) is 12.8 Å². The number of hydrogen-bond donors (Lipinski definition) is 0. The highest BCUT2D eigenvalue weighted by Crippen LogP contribution is 2.25. The third-order valence-electron chi connectivity index (χ3n) is 2.22. The Morgan fingerprint density at radius 2 is 2.47 bits per heavy atom. The molecule has 3 heterocycles. The van der Waals surface area contributed by atoms with E-state index in [1.807, 2.05) is 0 Å². The van der Waals surface area contributed by atoms with Crippen molar-refractivity contribution in [1.82, 2.24) is 9.97 Å². The van der Waals surface area contributed by atoms with E-state index in [1.165, 1.54) is 0 Å². The Hall–Kier alpha value is -1.89. The molecule has 0 amide bonds. The van der Waals surface area contributed by atoms with Gasteiger partial charge in [0.1, 0.15) is 0 Å². The number of hydrogen-bond acceptors (Lipinski definition) is 7. The van der Waals surface area contributed by atoms with Gasteiger partial charge in [0.15, 0.2) is 5.80 Å². The van der Waals surface area contributed by atoms with E-state index in [0.717, 1.165) is 0 Å². The van der Waals surface area contributed by atoms with Gasteiger partial charge in [-0.25, -0.2) is 4.98 Å². The third kappa shape index (κ3) is 2.28. The molecule has 0 saturated carbocycles. The molecule has 83 valence electrons. The van der Waals surface area contributed by atoms with Gasteiger partial charge in [-0.1, -0.05) is 0 Å². The number of aromatic nitrogens is 2. The summed E-state index contributed by atoms with van der Waals surface area (Å²) in [5, 5.41) is 0. The molecule has 1 aromatic heterocycles. The van der Waals surface area contributed by atoms with Crippen LogP contribution in [0.5, 0.6) is 5.88 Å². The standard InChI is InChI=1S/C8H6B2N3O4/c1-4-2-5(15-3-14)12-8(11-4)13-7-10(17-7)6-9-16-6/h2-3,6H,1H3. The molecule has 0 spiro atoms. The Morgan fingerprint density at radius 3 is 3.18 bits per heavy atom. The predicted octanol–water partition coefficient (Wildman–Crippen LogP) is -0.574. The second-order valence-electron chi connectivity index (χ2n) is 3.59. The van der Waals surface area contributed by atoms with Gasteiger partial charge in [0.05, 0.1) is 5.90 Å². The molecule has 17 heavy (non-hydrogen) atoms. The summed E-state index contributed by atoms with van der Waals surface area (Å²) < 4.78 is 14.8. The van der Waals surface area contributed by atoms with Crippen molar-refractivity contribution in [3.8, 4) is 5.88 Å². The first-order valence-electron chi connectivity index (χ1n) is 4.96. The number of nitrogens with zero attached hydrogens (tertiary/aromatic N) is 3. The van der Waals surface area contributed by atoms with E-state index in [1.54, 1.807) is 20.5 Å². The molecular weight excluding hydrogens is 224 g/mol. The Bertz CT molecular complexity index is 506. The zero-order valence-electron chi connectivity index (χ0n) is 8.86. The van der Waals surface area contributed by atoms with Gasteiger partial charge in [-0.15, -0.1) is 0 Å². The van der Waals surface area contributed by atoms with E-state index in [4.69, 9.17) is 9.31 Å². The number of aliphatic imine (C=N–C) groups is 1. The lowest BCUT2D eigenvalue weighted by molar-refractivity contribution is -0.120. The van der Waals surface area contributed by atoms with Crippen LogP contribution in [-0.2, 0) is 14.1 Å². The molecule has 1 unspecified atom stereocenters. The van der Waals surface area contributed by atoms with Gasteiger partial charge in [0, 0.05) is 11.8 Å². The summed E-state index contributed by atoms with van der Waals surface area (Å²) in [5.74, 6) is 0.911. The molecule has 9 heteroatoms. The second kappa shape index (κ2) is 3.85. The average Bonchev–Trinajstić information content (AvgIpc) is 3.10. The lowest BCUT2D eigenvalue weighted by Crippen LogP contribution is -2.04. The molecule has 3 rings (SSSR count). The van der Waals surface area contributed by atoms with Crippen LogP contribution >= 0.6 is 0 Å². The van der Waals surface area contributed by atoms with Gasteiger partial charge < -0.3 is 14.0 Å². The van der Waals surface area contributed by atoms with Crippen LogP contribution in [0.25, 0.3) is 0 Å². The zero-order valence-corrected chi connectivity index (χ0v) is 8.86. The van der Waals surface area contributed by atoms with Gasteiger partial charge in [-0.05, 0) is 6.92 Å². The highest BCUT2D eigenvalue weighted by Gasteiger charge is 2.57. The van der Waals surface area contributed by atoms with E-state index in [0.29, 0.717) is 18.0 Å². The van der Waals surface area contributed by atoms with Crippen molar-refractivity contribution in [3.63, 3.8) is 0 Å². The van der Waals surface area contributed by atoms with Crippen LogP contribution in [0.2, 0.25) is 0 Å². The number of rotatable bonds is 4. The topological polar surface area (TPSA) is 89.5 Å². The highest BCUT2D eigenvalue weighted by molar-refractivity contribution is 7.04. The minimum absolute atomic E-state index is 0.00394. The van der Waals surface area contributed by atoms with E-state index in [9.17, 15) is 4.79 Å². The van der Waals surface area contributed by atoms with Crippen molar-refractivity contribution >= 4 is 32.6 Å². The molecule has 2 saturated heterocycles. The van der Waals surface area contributed by atoms with Gasteiger partial charge in [-0.3, -0.25) is 4.79 Å². The molecule has 2 fully saturated rings. The van der Waals surface area contributed by atoms with Gasteiger partial charge in [0.25, 0.3) is 12.4 Å². The van der Waals surface area contributed by atoms with E-state index in [-0.39, 0.29) is 24.6 Å². The molecule has 1 atom stereocenters. The lowest BCUT2D eigenvalue weighted by Gasteiger charge is -1.98. The van der Waals surface area contributed by atoms with Crippen molar-refractivity contribution in [3.05, 3.63) is 11.8 Å². The molecule has 2 aliphatic rings. The first-order chi connectivity index (χ1) is 8.26. The molecule has 1 radical (unpaired) electrons. The van der Waals surface area contributed by atoms with Crippen molar-refractivity contribution < 1.29 is 18.8 Å². The highest BCUT2D eigenvalue weighted by atomic mass is 16.6. The monoisotopic (exact) mass is 230 g/mol. The molecule has 0 N–H and O–H groups in total. The number of carbonyl (C=O) groups is 1. The summed E-state index contributed by atoms with van der Waals surface area (Å²) in [5.41, 5.74) is 0.655. The van der Waals surface area contributed by atoms with E-state index >= 15 is 0 Å². The summed E-state index contributed by atoms with van der Waals surface area (Å²) in [4.78, 5) is 22.3. The Morgan fingerprint density at radius 1 is 1.65 bits per heavy atom. The molecule has 0 bridgehead atoms. The fourth-order valence-corrected chi connectivity index (χ4v) is 1.36. The predicted molar refractivity (Wildman–Crippen MR) is 58.0 cm³/mol. The SMILES string of the molecule is Cc1cc(OC=O)nc(N=C2OB2C2[B]O2)n1. The van der Waals surface area contributed by atoms with E-state index < -0.39 is 0 Å².